The van der Waals surface area contributed by atoms with E-state index in [2.05, 4.69) is 5.32 Å². The van der Waals surface area contributed by atoms with Gasteiger partial charge in [-0.25, -0.2) is 0 Å². The molecule has 24 heavy (non-hydrogen) atoms. The van der Waals surface area contributed by atoms with E-state index in [1.165, 1.54) is 0 Å². The van der Waals surface area contributed by atoms with Crippen LogP contribution in [0.15, 0.2) is 24.3 Å². The van der Waals surface area contributed by atoms with Crippen LogP contribution in [0.5, 0.6) is 5.75 Å². The second-order valence-electron chi connectivity index (χ2n) is 6.68. The molecule has 1 fully saturated rings. The summed E-state index contributed by atoms with van der Waals surface area (Å²) < 4.78 is 5.88. The van der Waals surface area contributed by atoms with Crippen molar-refractivity contribution in [1.82, 2.24) is 0 Å². The first-order chi connectivity index (χ1) is 11.5. The SMILES string of the molecule is CCC(CC)(CN)C(=O)Nc1ccc(OC2CCCCC2O)cc1. The molecular formula is C19H30N2O3. The van der Waals surface area contributed by atoms with Gasteiger partial charge in [0.05, 0.1) is 11.5 Å². The third-order valence-electron chi connectivity index (χ3n) is 5.29. The summed E-state index contributed by atoms with van der Waals surface area (Å²) in [5, 5.41) is 12.9. The summed E-state index contributed by atoms with van der Waals surface area (Å²) in [4.78, 5) is 12.5. The minimum absolute atomic E-state index is 0.0358. The van der Waals surface area contributed by atoms with E-state index in [1.54, 1.807) is 0 Å². The number of rotatable bonds is 7. The minimum Gasteiger partial charge on any atom is -0.488 e. The quantitative estimate of drug-likeness (QED) is 0.715. The van der Waals surface area contributed by atoms with Crippen LogP contribution < -0.4 is 15.8 Å². The fraction of sp³-hybridized carbons (Fsp3) is 0.632. The average molecular weight is 334 g/mol. The van der Waals surface area contributed by atoms with Gasteiger partial charge >= 0.3 is 0 Å². The van der Waals surface area contributed by atoms with Crippen molar-refractivity contribution in [2.45, 2.75) is 64.6 Å². The van der Waals surface area contributed by atoms with E-state index in [9.17, 15) is 9.90 Å². The van der Waals surface area contributed by atoms with E-state index < -0.39 is 11.5 Å². The smallest absolute Gasteiger partial charge is 0.231 e. The summed E-state index contributed by atoms with van der Waals surface area (Å²) >= 11 is 0. The highest BCUT2D eigenvalue weighted by Gasteiger charge is 2.33. The number of anilines is 1. The van der Waals surface area contributed by atoms with E-state index >= 15 is 0 Å². The Hall–Kier alpha value is -1.59. The molecule has 0 heterocycles. The van der Waals surface area contributed by atoms with Gasteiger partial charge in [0.1, 0.15) is 11.9 Å². The lowest BCUT2D eigenvalue weighted by Crippen LogP contribution is -2.41. The third-order valence-corrected chi connectivity index (χ3v) is 5.29. The summed E-state index contributed by atoms with van der Waals surface area (Å²) in [5.74, 6) is 0.682. The highest BCUT2D eigenvalue weighted by atomic mass is 16.5. The van der Waals surface area contributed by atoms with Gasteiger partial charge in [-0.3, -0.25) is 4.79 Å². The molecule has 1 aromatic carbocycles. The predicted molar refractivity (Wildman–Crippen MR) is 96.0 cm³/mol. The predicted octanol–water partition coefficient (Wildman–Crippen LogP) is 3.07. The van der Waals surface area contributed by atoms with E-state index in [-0.39, 0.29) is 12.0 Å². The van der Waals surface area contributed by atoms with Crippen LogP contribution in [0.2, 0.25) is 0 Å². The van der Waals surface area contributed by atoms with Gasteiger partial charge in [-0.05, 0) is 56.4 Å². The van der Waals surface area contributed by atoms with Crippen molar-refractivity contribution in [3.8, 4) is 5.75 Å². The van der Waals surface area contributed by atoms with Crippen molar-refractivity contribution in [2.24, 2.45) is 11.1 Å². The number of nitrogens with two attached hydrogens (primary N) is 1. The zero-order valence-corrected chi connectivity index (χ0v) is 14.8. The number of carbonyl (C=O) groups is 1. The summed E-state index contributed by atoms with van der Waals surface area (Å²) in [7, 11) is 0. The Morgan fingerprint density at radius 3 is 2.42 bits per heavy atom. The molecule has 5 nitrogen and oxygen atoms in total. The number of carbonyl (C=O) groups excluding carboxylic acids is 1. The van der Waals surface area contributed by atoms with Crippen LogP contribution >= 0.6 is 0 Å². The Morgan fingerprint density at radius 1 is 1.25 bits per heavy atom. The Kier molecular flexibility index (Phi) is 6.63. The molecular weight excluding hydrogens is 304 g/mol. The summed E-state index contributed by atoms with van der Waals surface area (Å²) in [5.41, 5.74) is 6.04. The van der Waals surface area contributed by atoms with Gasteiger partial charge in [-0.2, -0.15) is 0 Å². The van der Waals surface area contributed by atoms with E-state index in [0.29, 0.717) is 19.4 Å². The molecule has 1 saturated carbocycles. The summed E-state index contributed by atoms with van der Waals surface area (Å²) in [6.45, 7) is 4.32. The van der Waals surface area contributed by atoms with Crippen LogP contribution in [-0.2, 0) is 4.79 Å². The number of hydrogen-bond acceptors (Lipinski definition) is 4. The van der Waals surface area contributed by atoms with Crippen LogP contribution in [0.3, 0.4) is 0 Å². The molecule has 2 atom stereocenters. The molecule has 134 valence electrons. The lowest BCUT2D eigenvalue weighted by atomic mass is 9.81. The fourth-order valence-corrected chi connectivity index (χ4v) is 3.22. The molecule has 1 aliphatic carbocycles. The number of aliphatic hydroxyl groups is 1. The maximum Gasteiger partial charge on any atom is 0.231 e. The van der Waals surface area contributed by atoms with Gasteiger partial charge in [0.25, 0.3) is 0 Å². The Morgan fingerprint density at radius 2 is 1.88 bits per heavy atom. The molecule has 0 saturated heterocycles. The van der Waals surface area contributed by atoms with Gasteiger partial charge < -0.3 is 20.9 Å². The molecule has 5 heteroatoms. The van der Waals surface area contributed by atoms with Crippen molar-refractivity contribution in [2.75, 3.05) is 11.9 Å². The topological polar surface area (TPSA) is 84.6 Å². The standard InChI is InChI=1S/C19H30N2O3/c1-3-19(4-2,13-20)18(23)21-14-9-11-15(12-10-14)24-17-8-6-5-7-16(17)22/h9-12,16-17,22H,3-8,13,20H2,1-2H3,(H,21,23). The molecule has 1 amide bonds. The minimum atomic E-state index is -0.513. The number of hydrogen-bond donors (Lipinski definition) is 3. The second-order valence-corrected chi connectivity index (χ2v) is 6.68. The van der Waals surface area contributed by atoms with Gasteiger partial charge in [0, 0.05) is 12.2 Å². The number of aliphatic hydroxyl groups excluding tert-OH is 1. The molecule has 0 bridgehead atoms. The normalized spacial score (nSPS) is 21.3. The lowest BCUT2D eigenvalue weighted by Gasteiger charge is -2.29. The zero-order valence-electron chi connectivity index (χ0n) is 14.8. The number of nitrogens with one attached hydrogen (secondary N) is 1. The van der Waals surface area contributed by atoms with Crippen molar-refractivity contribution < 1.29 is 14.6 Å². The van der Waals surface area contributed by atoms with Crippen molar-refractivity contribution in [3.05, 3.63) is 24.3 Å². The van der Waals surface area contributed by atoms with Gasteiger partial charge in [0.15, 0.2) is 0 Å². The Bertz CT molecular complexity index is 518. The fourth-order valence-electron chi connectivity index (χ4n) is 3.22. The van der Waals surface area contributed by atoms with E-state index in [0.717, 1.165) is 37.1 Å². The molecule has 1 aromatic rings. The molecule has 0 aromatic heterocycles. The van der Waals surface area contributed by atoms with Crippen molar-refractivity contribution in [1.29, 1.82) is 0 Å². The average Bonchev–Trinajstić information content (AvgIpc) is 2.61. The van der Waals surface area contributed by atoms with Crippen LogP contribution in [-0.4, -0.2) is 29.8 Å². The maximum atomic E-state index is 12.5. The lowest BCUT2D eigenvalue weighted by molar-refractivity contribution is -0.125. The molecule has 1 aliphatic rings. The van der Waals surface area contributed by atoms with Crippen molar-refractivity contribution >= 4 is 11.6 Å². The van der Waals surface area contributed by atoms with Crippen LogP contribution in [0.4, 0.5) is 5.69 Å². The monoisotopic (exact) mass is 334 g/mol. The molecule has 0 spiro atoms. The van der Waals surface area contributed by atoms with Crippen LogP contribution in [0.1, 0.15) is 52.4 Å². The van der Waals surface area contributed by atoms with Crippen LogP contribution in [0.25, 0.3) is 0 Å². The van der Waals surface area contributed by atoms with Gasteiger partial charge in [-0.15, -0.1) is 0 Å². The molecule has 0 radical (unpaired) electrons. The number of ether oxygens (including phenoxy) is 1. The van der Waals surface area contributed by atoms with Gasteiger partial charge in [-0.1, -0.05) is 20.3 Å². The first-order valence-corrected chi connectivity index (χ1v) is 9.01. The highest BCUT2D eigenvalue weighted by molar-refractivity contribution is 5.95. The Labute approximate surface area is 144 Å². The van der Waals surface area contributed by atoms with E-state index in [1.807, 2.05) is 38.1 Å². The number of amides is 1. The molecule has 4 N–H and O–H groups in total. The van der Waals surface area contributed by atoms with Gasteiger partial charge in [0.2, 0.25) is 5.91 Å². The molecule has 2 rings (SSSR count). The van der Waals surface area contributed by atoms with Crippen molar-refractivity contribution in [3.63, 3.8) is 0 Å². The first-order valence-electron chi connectivity index (χ1n) is 9.01. The Balaban J connectivity index is 1.97. The summed E-state index contributed by atoms with van der Waals surface area (Å²) in [6, 6.07) is 7.32. The maximum absolute atomic E-state index is 12.5. The summed E-state index contributed by atoms with van der Waals surface area (Å²) in [6.07, 6.45) is 4.73. The van der Waals surface area contributed by atoms with E-state index in [4.69, 9.17) is 10.5 Å². The van der Waals surface area contributed by atoms with Crippen LogP contribution in [0, 0.1) is 5.41 Å². The first kappa shape index (κ1) is 18.7. The zero-order chi connectivity index (χ0) is 17.6. The molecule has 2 unspecified atom stereocenters. The number of benzene rings is 1. The third kappa shape index (κ3) is 4.28. The largest absolute Gasteiger partial charge is 0.488 e. The molecule has 0 aliphatic heterocycles. The highest BCUT2D eigenvalue weighted by Crippen LogP contribution is 2.28. The second kappa shape index (κ2) is 8.49.